The summed E-state index contributed by atoms with van der Waals surface area (Å²) in [5, 5.41) is 16.6. The van der Waals surface area contributed by atoms with Gasteiger partial charge in [-0.05, 0) is 42.8 Å². The molecule has 126 valence electrons. The molecule has 0 saturated carbocycles. The smallest absolute Gasteiger partial charge is 0.352 e. The van der Waals surface area contributed by atoms with E-state index >= 15 is 0 Å². The van der Waals surface area contributed by atoms with Crippen LogP contribution in [-0.4, -0.2) is 21.8 Å². The van der Waals surface area contributed by atoms with Gasteiger partial charge in [-0.3, -0.25) is 5.01 Å². The largest absolute Gasteiger partial charge is 0.477 e. The van der Waals surface area contributed by atoms with Gasteiger partial charge in [0.05, 0.1) is 6.04 Å². The predicted octanol–water partition coefficient (Wildman–Crippen LogP) is 5.31. The highest BCUT2D eigenvalue weighted by Gasteiger charge is 2.30. The molecule has 1 aromatic carbocycles. The van der Waals surface area contributed by atoms with Crippen LogP contribution in [0.3, 0.4) is 0 Å². The summed E-state index contributed by atoms with van der Waals surface area (Å²) in [7, 11) is 0. The van der Waals surface area contributed by atoms with Gasteiger partial charge in [0.1, 0.15) is 5.71 Å². The number of benzene rings is 1. The second kappa shape index (κ2) is 8.38. The maximum absolute atomic E-state index is 11.2. The molecule has 0 radical (unpaired) electrons. The highest BCUT2D eigenvalue weighted by Crippen LogP contribution is 2.31. The van der Waals surface area contributed by atoms with Gasteiger partial charge < -0.3 is 5.11 Å². The lowest BCUT2D eigenvalue weighted by molar-refractivity contribution is -0.129. The van der Waals surface area contributed by atoms with Crippen molar-refractivity contribution in [2.24, 2.45) is 5.10 Å². The molecule has 2 rings (SSSR count). The molecule has 1 atom stereocenters. The predicted molar refractivity (Wildman–Crippen MR) is 98.4 cm³/mol. The van der Waals surface area contributed by atoms with Crippen molar-refractivity contribution < 1.29 is 9.90 Å². The van der Waals surface area contributed by atoms with Crippen LogP contribution in [0.4, 0.5) is 0 Å². The van der Waals surface area contributed by atoms with E-state index in [1.807, 2.05) is 12.1 Å². The highest BCUT2D eigenvalue weighted by molar-refractivity contribution is 6.36. The van der Waals surface area contributed by atoms with Crippen LogP contribution in [-0.2, 0) is 4.79 Å². The van der Waals surface area contributed by atoms with E-state index < -0.39 is 5.97 Å². The summed E-state index contributed by atoms with van der Waals surface area (Å²) >= 11 is 17.7. The molecule has 7 heteroatoms. The maximum atomic E-state index is 11.2. The minimum absolute atomic E-state index is 0.103. The van der Waals surface area contributed by atoms with Gasteiger partial charge in [0.2, 0.25) is 0 Å². The van der Waals surface area contributed by atoms with Gasteiger partial charge in [0, 0.05) is 27.7 Å². The van der Waals surface area contributed by atoms with Crippen molar-refractivity contribution >= 4 is 46.5 Å². The zero-order valence-corrected chi connectivity index (χ0v) is 15.1. The number of nitrogens with zero attached hydrogens (tertiary/aromatic N) is 2. The van der Waals surface area contributed by atoms with Gasteiger partial charge in [0.15, 0.2) is 0 Å². The SMILES string of the molecule is C\C(Cl)=C/C(Cl)=C\C=C\N1N=C(C(=O)O)CC1c1ccc(Cl)cc1. The van der Waals surface area contributed by atoms with E-state index in [4.69, 9.17) is 34.8 Å². The van der Waals surface area contributed by atoms with Crippen LogP contribution >= 0.6 is 34.8 Å². The molecular weight excluding hydrogens is 371 g/mol. The average Bonchev–Trinajstić information content (AvgIpc) is 2.91. The molecule has 1 unspecified atom stereocenters. The first-order valence-electron chi connectivity index (χ1n) is 7.09. The fourth-order valence-electron chi connectivity index (χ4n) is 2.21. The molecule has 0 amide bonds. The Morgan fingerprint density at radius 3 is 2.58 bits per heavy atom. The molecule has 0 saturated heterocycles. The van der Waals surface area contributed by atoms with Crippen molar-refractivity contribution in [3.05, 3.63) is 69.3 Å². The van der Waals surface area contributed by atoms with Crippen LogP contribution in [0.15, 0.2) is 63.9 Å². The summed E-state index contributed by atoms with van der Waals surface area (Å²) < 4.78 is 0. The Labute approximate surface area is 155 Å². The zero-order chi connectivity index (χ0) is 17.7. The van der Waals surface area contributed by atoms with Gasteiger partial charge in [-0.2, -0.15) is 5.10 Å². The second-order valence-corrected chi connectivity index (χ2v) is 6.60. The van der Waals surface area contributed by atoms with Crippen molar-refractivity contribution in [2.45, 2.75) is 19.4 Å². The Balaban J connectivity index is 2.23. The molecule has 0 spiro atoms. The normalized spacial score (nSPS) is 19.1. The molecule has 1 aromatic rings. The summed E-state index contributed by atoms with van der Waals surface area (Å²) in [6.45, 7) is 1.72. The number of carboxylic acid groups (broad SMARTS) is 1. The minimum Gasteiger partial charge on any atom is -0.477 e. The first-order valence-corrected chi connectivity index (χ1v) is 8.22. The van der Waals surface area contributed by atoms with Crippen molar-refractivity contribution in [2.75, 3.05) is 0 Å². The van der Waals surface area contributed by atoms with Crippen LogP contribution in [0.1, 0.15) is 24.9 Å². The van der Waals surface area contributed by atoms with E-state index in [-0.39, 0.29) is 11.8 Å². The summed E-state index contributed by atoms with van der Waals surface area (Å²) in [6, 6.07) is 7.04. The molecule has 1 N–H and O–H groups in total. The summed E-state index contributed by atoms with van der Waals surface area (Å²) in [4.78, 5) is 11.2. The summed E-state index contributed by atoms with van der Waals surface area (Å²) in [5.41, 5.74) is 1.03. The number of aliphatic carboxylic acids is 1. The molecule has 1 aliphatic heterocycles. The number of rotatable bonds is 5. The third kappa shape index (κ3) is 5.13. The molecular formula is C17H15Cl3N2O2. The fourth-order valence-corrected chi connectivity index (χ4v) is 2.75. The van der Waals surface area contributed by atoms with Gasteiger partial charge in [-0.25, -0.2) is 4.79 Å². The highest BCUT2D eigenvalue weighted by atomic mass is 35.5. The number of hydrogen-bond donors (Lipinski definition) is 1. The van der Waals surface area contributed by atoms with Crippen LogP contribution in [0, 0.1) is 0 Å². The number of carboxylic acids is 1. The number of allylic oxidation sites excluding steroid dienone is 5. The van der Waals surface area contributed by atoms with Crippen LogP contribution in [0.5, 0.6) is 0 Å². The van der Waals surface area contributed by atoms with E-state index in [0.29, 0.717) is 21.5 Å². The average molecular weight is 386 g/mol. The Morgan fingerprint density at radius 1 is 1.33 bits per heavy atom. The van der Waals surface area contributed by atoms with Crippen LogP contribution in [0.25, 0.3) is 0 Å². The van der Waals surface area contributed by atoms with Gasteiger partial charge in [-0.15, -0.1) is 0 Å². The summed E-state index contributed by atoms with van der Waals surface area (Å²) in [6.07, 6.45) is 6.94. The first-order chi connectivity index (χ1) is 11.4. The lowest BCUT2D eigenvalue weighted by atomic mass is 10.0. The molecule has 1 aliphatic rings. The van der Waals surface area contributed by atoms with Crippen LogP contribution in [0.2, 0.25) is 5.02 Å². The molecule has 1 heterocycles. The van der Waals surface area contributed by atoms with Crippen LogP contribution < -0.4 is 0 Å². The van der Waals surface area contributed by atoms with Gasteiger partial charge in [0.25, 0.3) is 0 Å². The molecule has 0 aliphatic carbocycles. The monoisotopic (exact) mass is 384 g/mol. The molecule has 24 heavy (non-hydrogen) atoms. The van der Waals surface area contributed by atoms with Gasteiger partial charge >= 0.3 is 5.97 Å². The van der Waals surface area contributed by atoms with Crippen molar-refractivity contribution in [1.29, 1.82) is 0 Å². The van der Waals surface area contributed by atoms with Gasteiger partial charge in [-0.1, -0.05) is 46.9 Å². The maximum Gasteiger partial charge on any atom is 0.352 e. The third-order valence-corrected chi connectivity index (χ3v) is 3.87. The molecule has 0 fully saturated rings. The number of hydrazone groups is 1. The molecule has 0 bridgehead atoms. The van der Waals surface area contributed by atoms with Crippen molar-refractivity contribution in [1.82, 2.24) is 5.01 Å². The topological polar surface area (TPSA) is 52.9 Å². The Kier molecular flexibility index (Phi) is 6.49. The van der Waals surface area contributed by atoms with E-state index in [9.17, 15) is 9.90 Å². The Hall–Kier alpha value is -1.75. The first kappa shape index (κ1) is 18.6. The van der Waals surface area contributed by atoms with E-state index in [1.165, 1.54) is 0 Å². The fraction of sp³-hybridized carbons (Fsp3) is 0.176. The standard InChI is InChI=1S/C17H15Cl3N2O2/c1-11(18)9-14(20)3-2-8-22-16(10-15(21-22)17(23)24)12-4-6-13(19)7-5-12/h2-9,16H,10H2,1H3,(H,23,24)/b8-2+,11-9+,14-3+. The Morgan fingerprint density at radius 2 is 2.00 bits per heavy atom. The minimum atomic E-state index is -1.03. The third-order valence-electron chi connectivity index (χ3n) is 3.27. The zero-order valence-electron chi connectivity index (χ0n) is 12.8. The van der Waals surface area contributed by atoms with E-state index in [1.54, 1.807) is 48.5 Å². The van der Waals surface area contributed by atoms with Crippen molar-refractivity contribution in [3.8, 4) is 0 Å². The molecule has 0 aromatic heterocycles. The van der Waals surface area contributed by atoms with E-state index in [2.05, 4.69) is 5.10 Å². The lowest BCUT2D eigenvalue weighted by Crippen LogP contribution is -2.14. The second-order valence-electron chi connectivity index (χ2n) is 5.13. The van der Waals surface area contributed by atoms with E-state index in [0.717, 1.165) is 5.56 Å². The number of hydrogen-bond acceptors (Lipinski definition) is 3. The molecule has 4 nitrogen and oxygen atoms in total. The number of halogens is 3. The number of carbonyl (C=O) groups is 1. The quantitative estimate of drug-likeness (QED) is 0.699. The Bertz CT molecular complexity index is 733. The lowest BCUT2D eigenvalue weighted by Gasteiger charge is -2.20. The summed E-state index contributed by atoms with van der Waals surface area (Å²) in [5.74, 6) is -1.03. The van der Waals surface area contributed by atoms with Crippen molar-refractivity contribution in [3.63, 3.8) is 0 Å².